The Morgan fingerprint density at radius 1 is 1.07 bits per heavy atom. The number of rotatable bonds is 8. The third-order valence-corrected chi connectivity index (χ3v) is 3.95. The number of primary amides is 1. The molecule has 3 rings (SSSR count). The van der Waals surface area contributed by atoms with E-state index in [0.29, 0.717) is 18.8 Å². The molecule has 8 heteroatoms. The second-order valence-electron chi connectivity index (χ2n) is 6.04. The average Bonchev–Trinajstić information content (AvgIpc) is 3.24. The molecular weight excluding hydrogens is 358 g/mol. The molecule has 144 valence electrons. The van der Waals surface area contributed by atoms with E-state index in [-0.39, 0.29) is 12.6 Å². The maximum absolute atomic E-state index is 12.2. The summed E-state index contributed by atoms with van der Waals surface area (Å²) in [5.41, 5.74) is 7.84. The molecule has 28 heavy (non-hydrogen) atoms. The van der Waals surface area contributed by atoms with Gasteiger partial charge in [0.15, 0.2) is 6.61 Å². The molecule has 4 N–H and O–H groups in total. The predicted molar refractivity (Wildman–Crippen MR) is 104 cm³/mol. The lowest BCUT2D eigenvalue weighted by Crippen LogP contribution is -2.34. The molecular formula is C20H21N5O3. The van der Waals surface area contributed by atoms with Gasteiger partial charge in [0.2, 0.25) is 0 Å². The molecule has 0 unspecified atom stereocenters. The third kappa shape index (κ3) is 5.34. The number of nitrogens with one attached hydrogen (secondary N) is 2. The van der Waals surface area contributed by atoms with Gasteiger partial charge in [-0.3, -0.25) is 4.79 Å². The van der Waals surface area contributed by atoms with E-state index in [1.54, 1.807) is 30.7 Å². The fourth-order valence-electron chi connectivity index (χ4n) is 2.63. The number of imidazole rings is 1. The molecule has 0 aliphatic carbocycles. The van der Waals surface area contributed by atoms with E-state index in [1.807, 2.05) is 41.1 Å². The number of benzene rings is 2. The first-order valence-electron chi connectivity index (χ1n) is 8.70. The Balaban J connectivity index is 1.52. The normalized spacial score (nSPS) is 10.3. The minimum Gasteiger partial charge on any atom is -0.484 e. The monoisotopic (exact) mass is 379 g/mol. The summed E-state index contributed by atoms with van der Waals surface area (Å²) in [4.78, 5) is 27.0. The van der Waals surface area contributed by atoms with E-state index in [2.05, 4.69) is 15.6 Å². The van der Waals surface area contributed by atoms with Gasteiger partial charge in [-0.2, -0.15) is 0 Å². The largest absolute Gasteiger partial charge is 0.484 e. The maximum Gasteiger partial charge on any atom is 0.315 e. The van der Waals surface area contributed by atoms with Gasteiger partial charge >= 0.3 is 6.03 Å². The Bertz CT molecular complexity index is 941. The van der Waals surface area contributed by atoms with Gasteiger partial charge in [-0.15, -0.1) is 0 Å². The summed E-state index contributed by atoms with van der Waals surface area (Å²) >= 11 is 0. The summed E-state index contributed by atoms with van der Waals surface area (Å²) in [7, 11) is 0. The molecule has 3 amide bonds. The molecule has 0 aliphatic rings. The van der Waals surface area contributed by atoms with Crippen LogP contribution in [0.4, 0.5) is 4.79 Å². The quantitative estimate of drug-likeness (QED) is 0.553. The van der Waals surface area contributed by atoms with Crippen LogP contribution in [-0.4, -0.2) is 28.1 Å². The van der Waals surface area contributed by atoms with Crippen molar-refractivity contribution in [2.24, 2.45) is 5.73 Å². The topological polar surface area (TPSA) is 111 Å². The number of para-hydroxylation sites is 1. The lowest BCUT2D eigenvalue weighted by atomic mass is 10.1. The van der Waals surface area contributed by atoms with Crippen molar-refractivity contribution in [3.05, 3.63) is 78.4 Å². The van der Waals surface area contributed by atoms with E-state index in [1.165, 1.54) is 0 Å². The molecule has 3 aromatic rings. The van der Waals surface area contributed by atoms with Gasteiger partial charge in [0.05, 0.1) is 12.0 Å². The highest BCUT2D eigenvalue weighted by Crippen LogP contribution is 2.14. The van der Waals surface area contributed by atoms with Crippen LogP contribution in [0.1, 0.15) is 11.1 Å². The molecule has 0 bridgehead atoms. The first kappa shape index (κ1) is 19.0. The fourth-order valence-corrected chi connectivity index (χ4v) is 2.63. The van der Waals surface area contributed by atoms with Crippen molar-refractivity contribution in [2.45, 2.75) is 13.1 Å². The maximum atomic E-state index is 12.2. The molecule has 0 radical (unpaired) electrons. The molecule has 1 aromatic heterocycles. The highest BCUT2D eigenvalue weighted by Gasteiger charge is 2.06. The molecule has 1 heterocycles. The van der Waals surface area contributed by atoms with E-state index >= 15 is 0 Å². The first-order chi connectivity index (χ1) is 13.6. The summed E-state index contributed by atoms with van der Waals surface area (Å²) < 4.78 is 7.15. The number of urea groups is 1. The Hall–Kier alpha value is -3.81. The zero-order valence-electron chi connectivity index (χ0n) is 15.2. The standard InChI is InChI=1S/C20H21N5O3/c21-19(26)13-28-17-6-3-4-15(10-17)11-23-20(27)24-12-16-5-1-2-7-18(16)25-9-8-22-14-25/h1-10,14H,11-13H2,(H2,21,26)(H2,23,24,27). The summed E-state index contributed by atoms with van der Waals surface area (Å²) in [6.45, 7) is 0.512. The Morgan fingerprint density at radius 2 is 1.89 bits per heavy atom. The average molecular weight is 379 g/mol. The van der Waals surface area contributed by atoms with Gasteiger partial charge in [0.1, 0.15) is 5.75 Å². The molecule has 0 atom stereocenters. The second-order valence-corrected chi connectivity index (χ2v) is 6.04. The number of ether oxygens (including phenoxy) is 1. The number of nitrogens with two attached hydrogens (primary N) is 1. The van der Waals surface area contributed by atoms with Gasteiger partial charge < -0.3 is 25.7 Å². The van der Waals surface area contributed by atoms with E-state index in [0.717, 1.165) is 16.8 Å². The molecule has 2 aromatic carbocycles. The summed E-state index contributed by atoms with van der Waals surface area (Å²) in [6, 6.07) is 14.6. The number of hydrogen-bond donors (Lipinski definition) is 3. The minimum atomic E-state index is -0.543. The van der Waals surface area contributed by atoms with Crippen molar-refractivity contribution < 1.29 is 14.3 Å². The van der Waals surface area contributed by atoms with Gasteiger partial charge in [-0.05, 0) is 29.3 Å². The first-order valence-corrected chi connectivity index (χ1v) is 8.70. The molecule has 0 fully saturated rings. The van der Waals surface area contributed by atoms with Crippen LogP contribution >= 0.6 is 0 Å². The van der Waals surface area contributed by atoms with Crippen LogP contribution in [0.2, 0.25) is 0 Å². The summed E-state index contributed by atoms with van der Waals surface area (Å²) in [6.07, 6.45) is 5.27. The lowest BCUT2D eigenvalue weighted by molar-refractivity contribution is -0.119. The number of aromatic nitrogens is 2. The lowest BCUT2D eigenvalue weighted by Gasteiger charge is -2.12. The summed E-state index contributed by atoms with van der Waals surface area (Å²) in [5.74, 6) is -0.0216. The highest BCUT2D eigenvalue weighted by molar-refractivity contribution is 5.75. The number of amides is 3. The Morgan fingerprint density at radius 3 is 2.68 bits per heavy atom. The van der Waals surface area contributed by atoms with Crippen LogP contribution in [0.15, 0.2) is 67.3 Å². The van der Waals surface area contributed by atoms with Crippen molar-refractivity contribution in [1.29, 1.82) is 0 Å². The second kappa shape index (κ2) is 9.22. The SMILES string of the molecule is NC(=O)COc1cccc(CNC(=O)NCc2ccccc2-n2ccnc2)c1. The number of hydrogen-bond acceptors (Lipinski definition) is 4. The molecule has 0 saturated heterocycles. The van der Waals surface area contributed by atoms with Crippen molar-refractivity contribution in [2.75, 3.05) is 6.61 Å². The Kier molecular flexibility index (Phi) is 6.25. The zero-order chi connectivity index (χ0) is 19.8. The minimum absolute atomic E-state index is 0.187. The van der Waals surface area contributed by atoms with Crippen LogP contribution in [0.5, 0.6) is 5.75 Å². The van der Waals surface area contributed by atoms with Gasteiger partial charge in [0, 0.05) is 25.5 Å². The van der Waals surface area contributed by atoms with Crippen molar-refractivity contribution in [1.82, 2.24) is 20.2 Å². The molecule has 8 nitrogen and oxygen atoms in total. The smallest absolute Gasteiger partial charge is 0.315 e. The Labute approximate surface area is 162 Å². The van der Waals surface area contributed by atoms with Crippen molar-refractivity contribution in [3.63, 3.8) is 0 Å². The van der Waals surface area contributed by atoms with E-state index in [4.69, 9.17) is 10.5 Å². The van der Waals surface area contributed by atoms with E-state index in [9.17, 15) is 9.59 Å². The zero-order valence-corrected chi connectivity index (χ0v) is 15.2. The summed E-state index contributed by atoms with van der Waals surface area (Å²) in [5, 5.41) is 5.65. The van der Waals surface area contributed by atoms with Crippen LogP contribution in [0.3, 0.4) is 0 Å². The van der Waals surface area contributed by atoms with Gasteiger partial charge in [-0.1, -0.05) is 30.3 Å². The van der Waals surface area contributed by atoms with Crippen LogP contribution in [0, 0.1) is 0 Å². The molecule has 0 spiro atoms. The highest BCUT2D eigenvalue weighted by atomic mass is 16.5. The number of carbonyl (C=O) groups is 2. The van der Waals surface area contributed by atoms with Crippen LogP contribution in [0.25, 0.3) is 5.69 Å². The van der Waals surface area contributed by atoms with Crippen LogP contribution in [-0.2, 0) is 17.9 Å². The number of nitrogens with zero attached hydrogens (tertiary/aromatic N) is 2. The third-order valence-electron chi connectivity index (χ3n) is 3.95. The van der Waals surface area contributed by atoms with Gasteiger partial charge in [0.25, 0.3) is 5.91 Å². The molecule has 0 saturated carbocycles. The molecule has 0 aliphatic heterocycles. The van der Waals surface area contributed by atoms with Gasteiger partial charge in [-0.25, -0.2) is 9.78 Å². The fraction of sp³-hybridized carbons (Fsp3) is 0.150. The van der Waals surface area contributed by atoms with Crippen molar-refractivity contribution >= 4 is 11.9 Å². The number of carbonyl (C=O) groups excluding carboxylic acids is 2. The van der Waals surface area contributed by atoms with Crippen molar-refractivity contribution in [3.8, 4) is 11.4 Å². The van der Waals surface area contributed by atoms with Crippen LogP contribution < -0.4 is 21.1 Å². The predicted octanol–water partition coefficient (Wildman–Crippen LogP) is 1.74. The van der Waals surface area contributed by atoms with E-state index < -0.39 is 5.91 Å².